The van der Waals surface area contributed by atoms with E-state index in [9.17, 15) is 18.0 Å². The van der Waals surface area contributed by atoms with Crippen LogP contribution in [0.3, 0.4) is 0 Å². The molecule has 0 aliphatic heterocycles. The maximum absolute atomic E-state index is 12.0. The van der Waals surface area contributed by atoms with Crippen LogP contribution in [0, 0.1) is 6.92 Å². The highest BCUT2D eigenvalue weighted by atomic mass is 19.4. The van der Waals surface area contributed by atoms with Crippen molar-refractivity contribution in [1.82, 2.24) is 4.98 Å². The second-order valence-electron chi connectivity index (χ2n) is 4.21. The number of rotatable bonds is 3. The number of halogens is 3. The average molecular weight is 297 g/mol. The summed E-state index contributed by atoms with van der Waals surface area (Å²) < 4.78 is 39.9. The highest BCUT2D eigenvalue weighted by Gasteiger charge is 2.30. The van der Waals surface area contributed by atoms with Crippen LogP contribution >= 0.6 is 0 Å². The molecule has 110 valence electrons. The summed E-state index contributed by atoms with van der Waals surface area (Å²) in [6.07, 6.45) is -4.74. The summed E-state index contributed by atoms with van der Waals surface area (Å²) in [4.78, 5) is 15.0. The molecule has 1 heterocycles. The number of ether oxygens (including phenoxy) is 1. The molecular weight excluding hydrogens is 287 g/mol. The van der Waals surface area contributed by atoms with Crippen molar-refractivity contribution in [3.63, 3.8) is 0 Å². The summed E-state index contributed by atoms with van der Waals surface area (Å²) in [6, 6.07) is 8.08. The Morgan fingerprint density at radius 3 is 2.24 bits per heavy atom. The smallest absolute Gasteiger partial charge is 0.478 e. The molecule has 7 heteroatoms. The lowest BCUT2D eigenvalue weighted by Crippen LogP contribution is -2.16. The Hall–Kier alpha value is -2.57. The molecule has 0 aliphatic rings. The van der Waals surface area contributed by atoms with Crippen LogP contribution in [0.1, 0.15) is 16.1 Å². The maximum Gasteiger partial charge on any atom is 0.573 e. The first-order chi connectivity index (χ1) is 9.76. The topological polar surface area (TPSA) is 59.4 Å². The van der Waals surface area contributed by atoms with Gasteiger partial charge in [0.15, 0.2) is 0 Å². The van der Waals surface area contributed by atoms with E-state index in [0.717, 1.165) is 0 Å². The Labute approximate surface area is 117 Å². The van der Waals surface area contributed by atoms with Gasteiger partial charge in [-0.2, -0.15) is 0 Å². The largest absolute Gasteiger partial charge is 0.573 e. The van der Waals surface area contributed by atoms with Crippen molar-refractivity contribution in [2.45, 2.75) is 13.3 Å². The van der Waals surface area contributed by atoms with Gasteiger partial charge < -0.3 is 9.84 Å². The zero-order valence-corrected chi connectivity index (χ0v) is 10.8. The number of hydrogen-bond donors (Lipinski definition) is 1. The molecule has 1 aromatic carbocycles. The number of aryl methyl sites for hydroxylation is 1. The van der Waals surface area contributed by atoms with Gasteiger partial charge in [0.2, 0.25) is 0 Å². The minimum Gasteiger partial charge on any atom is -0.478 e. The Morgan fingerprint density at radius 1 is 1.14 bits per heavy atom. The molecule has 0 radical (unpaired) electrons. The monoisotopic (exact) mass is 297 g/mol. The molecule has 0 saturated carbocycles. The summed E-state index contributed by atoms with van der Waals surface area (Å²) in [5.74, 6) is -1.41. The summed E-state index contributed by atoms with van der Waals surface area (Å²) in [5.41, 5.74) is 1.44. The number of carboxylic acids is 1. The number of carbonyl (C=O) groups is 1. The molecule has 0 bridgehead atoms. The Bertz CT molecular complexity index is 666. The first-order valence-electron chi connectivity index (χ1n) is 5.83. The zero-order chi connectivity index (χ0) is 15.6. The van der Waals surface area contributed by atoms with Crippen LogP contribution in [0.5, 0.6) is 5.75 Å². The molecule has 0 spiro atoms. The van der Waals surface area contributed by atoms with Gasteiger partial charge in [-0.1, -0.05) is 0 Å². The van der Waals surface area contributed by atoms with Crippen molar-refractivity contribution in [2.75, 3.05) is 0 Å². The fourth-order valence-corrected chi connectivity index (χ4v) is 1.78. The van der Waals surface area contributed by atoms with E-state index in [1.165, 1.54) is 36.4 Å². The molecule has 0 fully saturated rings. The standard InChI is InChI=1S/C14H10F3NO3/c1-8-11(13(19)20)6-7-12(18-8)9-2-4-10(5-3-9)21-14(15,16)17/h2-7H,1H3,(H,19,20). The van der Waals surface area contributed by atoms with Crippen LogP contribution in [0.4, 0.5) is 13.2 Å². The van der Waals surface area contributed by atoms with Crippen LogP contribution in [-0.4, -0.2) is 22.4 Å². The van der Waals surface area contributed by atoms with Crippen LogP contribution in [0.2, 0.25) is 0 Å². The summed E-state index contributed by atoms with van der Waals surface area (Å²) in [6.45, 7) is 1.55. The molecular formula is C14H10F3NO3. The van der Waals surface area contributed by atoms with Crippen LogP contribution in [0.15, 0.2) is 36.4 Å². The molecule has 0 saturated heterocycles. The summed E-state index contributed by atoms with van der Waals surface area (Å²) in [7, 11) is 0. The van der Waals surface area contributed by atoms with E-state index in [0.29, 0.717) is 17.0 Å². The van der Waals surface area contributed by atoms with E-state index in [1.54, 1.807) is 6.92 Å². The molecule has 0 unspecified atom stereocenters. The first kappa shape index (κ1) is 14.8. The van der Waals surface area contributed by atoms with Gasteiger partial charge >= 0.3 is 12.3 Å². The maximum atomic E-state index is 12.0. The van der Waals surface area contributed by atoms with Crippen LogP contribution < -0.4 is 4.74 Å². The Morgan fingerprint density at radius 2 is 1.76 bits per heavy atom. The number of carboxylic acid groups (broad SMARTS) is 1. The first-order valence-corrected chi connectivity index (χ1v) is 5.83. The molecule has 0 aliphatic carbocycles. The molecule has 1 N–H and O–H groups in total. The lowest BCUT2D eigenvalue weighted by molar-refractivity contribution is -0.274. The third kappa shape index (κ3) is 3.71. The number of nitrogens with zero attached hydrogens (tertiary/aromatic N) is 1. The van der Waals surface area contributed by atoms with Gasteiger partial charge in [-0.05, 0) is 43.3 Å². The van der Waals surface area contributed by atoms with Gasteiger partial charge in [-0.3, -0.25) is 4.98 Å². The molecule has 0 atom stereocenters. The Kier molecular flexibility index (Phi) is 3.84. The van der Waals surface area contributed by atoms with Gasteiger partial charge in [0, 0.05) is 5.56 Å². The third-order valence-corrected chi connectivity index (χ3v) is 2.70. The van der Waals surface area contributed by atoms with Crippen molar-refractivity contribution in [2.24, 2.45) is 0 Å². The molecule has 4 nitrogen and oxygen atoms in total. The quantitative estimate of drug-likeness (QED) is 0.939. The van der Waals surface area contributed by atoms with Crippen molar-refractivity contribution >= 4 is 5.97 Å². The predicted molar refractivity (Wildman–Crippen MR) is 68.1 cm³/mol. The lowest BCUT2D eigenvalue weighted by Gasteiger charge is -2.09. The number of benzene rings is 1. The molecule has 0 amide bonds. The fraction of sp³-hybridized carbons (Fsp3) is 0.143. The number of hydrogen-bond acceptors (Lipinski definition) is 3. The summed E-state index contributed by atoms with van der Waals surface area (Å²) in [5, 5.41) is 8.91. The third-order valence-electron chi connectivity index (χ3n) is 2.70. The molecule has 2 rings (SSSR count). The highest BCUT2D eigenvalue weighted by molar-refractivity contribution is 5.89. The number of alkyl halides is 3. The average Bonchev–Trinajstić information content (AvgIpc) is 2.37. The fourth-order valence-electron chi connectivity index (χ4n) is 1.78. The minimum atomic E-state index is -4.74. The Balaban J connectivity index is 2.27. The predicted octanol–water partition coefficient (Wildman–Crippen LogP) is 3.65. The summed E-state index contributed by atoms with van der Waals surface area (Å²) >= 11 is 0. The van der Waals surface area contributed by atoms with E-state index in [4.69, 9.17) is 5.11 Å². The highest BCUT2D eigenvalue weighted by Crippen LogP contribution is 2.26. The minimum absolute atomic E-state index is 0.0794. The van der Waals surface area contributed by atoms with Gasteiger partial charge in [0.25, 0.3) is 0 Å². The van der Waals surface area contributed by atoms with E-state index in [1.807, 2.05) is 0 Å². The molecule has 1 aromatic heterocycles. The number of aromatic carboxylic acids is 1. The second-order valence-corrected chi connectivity index (χ2v) is 4.21. The van der Waals surface area contributed by atoms with Crippen molar-refractivity contribution in [3.8, 4) is 17.0 Å². The SMILES string of the molecule is Cc1nc(-c2ccc(OC(F)(F)F)cc2)ccc1C(=O)O. The molecule has 2 aromatic rings. The van der Waals surface area contributed by atoms with Crippen molar-refractivity contribution < 1.29 is 27.8 Å². The zero-order valence-electron chi connectivity index (χ0n) is 10.8. The van der Waals surface area contributed by atoms with Gasteiger partial charge in [-0.15, -0.1) is 13.2 Å². The second kappa shape index (κ2) is 5.43. The van der Waals surface area contributed by atoms with E-state index >= 15 is 0 Å². The normalized spacial score (nSPS) is 11.2. The van der Waals surface area contributed by atoms with Crippen LogP contribution in [0.25, 0.3) is 11.3 Å². The van der Waals surface area contributed by atoms with E-state index < -0.39 is 12.3 Å². The van der Waals surface area contributed by atoms with E-state index in [2.05, 4.69) is 9.72 Å². The molecule has 21 heavy (non-hydrogen) atoms. The number of aromatic nitrogens is 1. The van der Waals surface area contributed by atoms with Crippen molar-refractivity contribution in [1.29, 1.82) is 0 Å². The van der Waals surface area contributed by atoms with Gasteiger partial charge in [0.05, 0.1) is 17.0 Å². The van der Waals surface area contributed by atoms with Gasteiger partial charge in [-0.25, -0.2) is 4.79 Å². The van der Waals surface area contributed by atoms with Crippen LogP contribution in [-0.2, 0) is 0 Å². The van der Waals surface area contributed by atoms with Gasteiger partial charge in [0.1, 0.15) is 5.75 Å². The lowest BCUT2D eigenvalue weighted by atomic mass is 10.1. The van der Waals surface area contributed by atoms with E-state index in [-0.39, 0.29) is 11.3 Å². The van der Waals surface area contributed by atoms with Crippen molar-refractivity contribution in [3.05, 3.63) is 47.7 Å². The number of pyridine rings is 1.